The van der Waals surface area contributed by atoms with Crippen molar-refractivity contribution >= 4 is 27.3 Å². The van der Waals surface area contributed by atoms with Crippen molar-refractivity contribution in [2.45, 2.75) is 19.4 Å². The number of nitrogens with one attached hydrogen (secondary N) is 1. The highest BCUT2D eigenvalue weighted by Crippen LogP contribution is 2.30. The summed E-state index contributed by atoms with van der Waals surface area (Å²) in [4.78, 5) is 10.5. The fraction of sp³-hybridized carbons (Fsp3) is 0.200. The Bertz CT molecular complexity index is 664. The number of hydrogen-bond donors (Lipinski definition) is 1. The molecular weight excluding hydrogens is 339 g/mol. The van der Waals surface area contributed by atoms with Crippen LogP contribution in [0.25, 0.3) is 0 Å². The van der Waals surface area contributed by atoms with Gasteiger partial charge in [-0.3, -0.25) is 10.1 Å². The second-order valence-corrected chi connectivity index (χ2v) is 5.44. The SMILES string of the molecule is CCC(Nc1ccc(Br)c([N+](=O)[O-])c1)c1cccc(F)c1. The lowest BCUT2D eigenvalue weighted by molar-refractivity contribution is -0.385. The minimum absolute atomic E-state index is 0.00547. The molecule has 2 rings (SSSR count). The molecule has 1 N–H and O–H groups in total. The molecule has 2 aromatic carbocycles. The van der Waals surface area contributed by atoms with Crippen LogP contribution in [0.4, 0.5) is 15.8 Å². The molecule has 0 fully saturated rings. The maximum Gasteiger partial charge on any atom is 0.285 e. The maximum absolute atomic E-state index is 13.3. The molecule has 0 radical (unpaired) electrons. The number of halogens is 2. The van der Waals surface area contributed by atoms with E-state index in [9.17, 15) is 14.5 Å². The highest BCUT2D eigenvalue weighted by atomic mass is 79.9. The Labute approximate surface area is 130 Å². The molecule has 0 spiro atoms. The van der Waals surface area contributed by atoms with Crippen molar-refractivity contribution in [3.8, 4) is 0 Å². The third-order valence-corrected chi connectivity index (χ3v) is 3.81. The summed E-state index contributed by atoms with van der Waals surface area (Å²) in [7, 11) is 0. The summed E-state index contributed by atoms with van der Waals surface area (Å²) in [6, 6.07) is 11.1. The zero-order valence-electron chi connectivity index (χ0n) is 11.3. The van der Waals surface area contributed by atoms with E-state index in [1.165, 1.54) is 18.2 Å². The highest BCUT2D eigenvalue weighted by Gasteiger charge is 2.15. The molecule has 6 heteroatoms. The van der Waals surface area contributed by atoms with Gasteiger partial charge in [0.1, 0.15) is 5.82 Å². The van der Waals surface area contributed by atoms with Crippen molar-refractivity contribution < 1.29 is 9.31 Å². The summed E-state index contributed by atoms with van der Waals surface area (Å²) in [6.07, 6.45) is 0.729. The lowest BCUT2D eigenvalue weighted by Crippen LogP contribution is -2.10. The Morgan fingerprint density at radius 1 is 1.33 bits per heavy atom. The first kappa shape index (κ1) is 15.4. The normalized spacial score (nSPS) is 12.0. The average molecular weight is 353 g/mol. The number of nitro benzene ring substituents is 1. The van der Waals surface area contributed by atoms with Gasteiger partial charge in [-0.2, -0.15) is 0 Å². The number of anilines is 1. The Kier molecular flexibility index (Phi) is 4.90. The lowest BCUT2D eigenvalue weighted by Gasteiger charge is -2.19. The second kappa shape index (κ2) is 6.67. The van der Waals surface area contributed by atoms with Crippen LogP contribution in [0.1, 0.15) is 24.9 Å². The Morgan fingerprint density at radius 2 is 2.10 bits per heavy atom. The van der Waals surface area contributed by atoms with Crippen molar-refractivity contribution in [3.63, 3.8) is 0 Å². The van der Waals surface area contributed by atoms with E-state index in [0.29, 0.717) is 10.2 Å². The Hall–Kier alpha value is -1.95. The van der Waals surface area contributed by atoms with Crippen LogP contribution >= 0.6 is 15.9 Å². The van der Waals surface area contributed by atoms with E-state index in [4.69, 9.17) is 0 Å². The van der Waals surface area contributed by atoms with E-state index in [2.05, 4.69) is 21.2 Å². The minimum Gasteiger partial charge on any atom is -0.378 e. The van der Waals surface area contributed by atoms with Crippen LogP contribution in [-0.4, -0.2) is 4.92 Å². The van der Waals surface area contributed by atoms with Gasteiger partial charge in [-0.1, -0.05) is 19.1 Å². The molecule has 0 saturated heterocycles. The quantitative estimate of drug-likeness (QED) is 0.604. The molecule has 0 bridgehead atoms. The van der Waals surface area contributed by atoms with Gasteiger partial charge in [-0.05, 0) is 52.2 Å². The average Bonchev–Trinajstić information content (AvgIpc) is 2.46. The van der Waals surface area contributed by atoms with Gasteiger partial charge in [-0.25, -0.2) is 4.39 Å². The molecule has 1 atom stereocenters. The smallest absolute Gasteiger partial charge is 0.285 e. The van der Waals surface area contributed by atoms with Gasteiger partial charge in [0.05, 0.1) is 15.4 Å². The van der Waals surface area contributed by atoms with E-state index in [1.807, 2.05) is 13.0 Å². The number of hydrogen-bond acceptors (Lipinski definition) is 3. The summed E-state index contributed by atoms with van der Waals surface area (Å²) >= 11 is 3.15. The standard InChI is InChI=1S/C15H14BrFN2O2/c1-2-14(10-4-3-5-11(17)8-10)18-12-6-7-13(16)15(9-12)19(20)21/h3-9,14,18H,2H2,1H3. The van der Waals surface area contributed by atoms with Crippen LogP contribution in [0.15, 0.2) is 46.9 Å². The van der Waals surface area contributed by atoms with Crippen molar-refractivity contribution in [1.82, 2.24) is 0 Å². The van der Waals surface area contributed by atoms with Crippen molar-refractivity contribution in [2.75, 3.05) is 5.32 Å². The summed E-state index contributed by atoms with van der Waals surface area (Å²) in [6.45, 7) is 1.97. The second-order valence-electron chi connectivity index (χ2n) is 4.58. The molecule has 4 nitrogen and oxygen atoms in total. The van der Waals surface area contributed by atoms with Crippen LogP contribution < -0.4 is 5.32 Å². The molecule has 0 saturated carbocycles. The van der Waals surface area contributed by atoms with Crippen molar-refractivity contribution in [1.29, 1.82) is 0 Å². The maximum atomic E-state index is 13.3. The van der Waals surface area contributed by atoms with E-state index < -0.39 is 4.92 Å². The van der Waals surface area contributed by atoms with Crippen LogP contribution in [0.5, 0.6) is 0 Å². The third kappa shape index (κ3) is 3.78. The monoisotopic (exact) mass is 352 g/mol. The molecule has 110 valence electrons. The van der Waals surface area contributed by atoms with Gasteiger partial charge >= 0.3 is 0 Å². The van der Waals surface area contributed by atoms with E-state index in [1.54, 1.807) is 18.2 Å². The van der Waals surface area contributed by atoms with E-state index in [0.717, 1.165) is 12.0 Å². The van der Waals surface area contributed by atoms with Crippen LogP contribution in [-0.2, 0) is 0 Å². The van der Waals surface area contributed by atoms with Gasteiger partial charge in [0, 0.05) is 11.8 Å². The van der Waals surface area contributed by atoms with Crippen molar-refractivity contribution in [2.24, 2.45) is 0 Å². The summed E-state index contributed by atoms with van der Waals surface area (Å²) in [5, 5.41) is 14.1. The zero-order chi connectivity index (χ0) is 15.4. The molecule has 0 aromatic heterocycles. The van der Waals surface area contributed by atoms with Crippen LogP contribution in [0.3, 0.4) is 0 Å². The third-order valence-electron chi connectivity index (χ3n) is 3.14. The van der Waals surface area contributed by atoms with E-state index >= 15 is 0 Å². The fourth-order valence-corrected chi connectivity index (χ4v) is 2.48. The summed E-state index contributed by atoms with van der Waals surface area (Å²) < 4.78 is 13.7. The molecule has 0 aliphatic heterocycles. The van der Waals surface area contributed by atoms with Gasteiger partial charge in [-0.15, -0.1) is 0 Å². The predicted octanol–water partition coefficient (Wildman–Crippen LogP) is 5.06. The highest BCUT2D eigenvalue weighted by molar-refractivity contribution is 9.10. The minimum atomic E-state index is -0.446. The first-order valence-corrected chi connectivity index (χ1v) is 7.26. The number of rotatable bonds is 5. The summed E-state index contributed by atoms with van der Waals surface area (Å²) in [5.41, 5.74) is 1.43. The molecule has 0 heterocycles. The number of benzene rings is 2. The van der Waals surface area contributed by atoms with Gasteiger partial charge in [0.15, 0.2) is 0 Å². The first-order chi connectivity index (χ1) is 10.0. The van der Waals surface area contributed by atoms with Crippen LogP contribution in [0, 0.1) is 15.9 Å². The van der Waals surface area contributed by atoms with Gasteiger partial charge < -0.3 is 5.32 Å². The molecule has 21 heavy (non-hydrogen) atoms. The van der Waals surface area contributed by atoms with Crippen molar-refractivity contribution in [3.05, 3.63) is 68.4 Å². The molecule has 0 aliphatic rings. The number of nitro groups is 1. The lowest BCUT2D eigenvalue weighted by atomic mass is 10.0. The van der Waals surface area contributed by atoms with Gasteiger partial charge in [0.2, 0.25) is 0 Å². The largest absolute Gasteiger partial charge is 0.378 e. The molecular formula is C15H14BrFN2O2. The van der Waals surface area contributed by atoms with E-state index in [-0.39, 0.29) is 17.5 Å². The Balaban J connectivity index is 2.27. The zero-order valence-corrected chi connectivity index (χ0v) is 12.9. The molecule has 0 amide bonds. The predicted molar refractivity (Wildman–Crippen MR) is 83.9 cm³/mol. The summed E-state index contributed by atoms with van der Waals surface area (Å²) in [5.74, 6) is -0.297. The fourth-order valence-electron chi connectivity index (χ4n) is 2.09. The number of nitrogens with zero attached hydrogens (tertiary/aromatic N) is 1. The topological polar surface area (TPSA) is 55.2 Å². The molecule has 2 aromatic rings. The van der Waals surface area contributed by atoms with Crippen LogP contribution in [0.2, 0.25) is 0 Å². The Morgan fingerprint density at radius 3 is 2.71 bits per heavy atom. The first-order valence-electron chi connectivity index (χ1n) is 6.47. The van der Waals surface area contributed by atoms with Gasteiger partial charge in [0.25, 0.3) is 5.69 Å². The molecule has 0 aliphatic carbocycles. The molecule has 1 unspecified atom stereocenters.